The minimum absolute atomic E-state index is 0.142. The molecule has 0 unspecified atom stereocenters. The fourth-order valence-corrected chi connectivity index (χ4v) is 2.87. The van der Waals surface area contributed by atoms with E-state index in [9.17, 15) is 9.18 Å². The Morgan fingerprint density at radius 2 is 2.00 bits per heavy atom. The molecule has 106 valence electrons. The van der Waals surface area contributed by atoms with Gasteiger partial charge in [-0.15, -0.1) is 0 Å². The SMILES string of the molecule is Cn1nc(CC(=O)c2cccc(F)c2Br)c2ccccc21. The van der Waals surface area contributed by atoms with Gasteiger partial charge in [0, 0.05) is 18.0 Å². The highest BCUT2D eigenvalue weighted by Gasteiger charge is 2.17. The second-order valence-corrected chi connectivity index (χ2v) is 5.58. The molecule has 1 heterocycles. The maximum atomic E-state index is 13.5. The number of aromatic nitrogens is 2. The number of nitrogens with zero attached hydrogens (tertiary/aromatic N) is 2. The molecule has 3 aromatic rings. The van der Waals surface area contributed by atoms with E-state index in [4.69, 9.17) is 0 Å². The van der Waals surface area contributed by atoms with Gasteiger partial charge in [-0.3, -0.25) is 9.48 Å². The van der Waals surface area contributed by atoms with Crippen LogP contribution in [0.1, 0.15) is 16.1 Å². The number of carbonyl (C=O) groups is 1. The van der Waals surface area contributed by atoms with E-state index in [-0.39, 0.29) is 16.7 Å². The van der Waals surface area contributed by atoms with Crippen molar-refractivity contribution >= 4 is 32.6 Å². The second-order valence-electron chi connectivity index (χ2n) is 4.79. The van der Waals surface area contributed by atoms with Crippen LogP contribution in [0.25, 0.3) is 10.9 Å². The third-order valence-corrected chi connectivity index (χ3v) is 4.22. The molecule has 0 aliphatic heterocycles. The topological polar surface area (TPSA) is 34.9 Å². The lowest BCUT2D eigenvalue weighted by molar-refractivity contribution is 0.0991. The quantitative estimate of drug-likeness (QED) is 0.674. The van der Waals surface area contributed by atoms with Crippen LogP contribution in [0.5, 0.6) is 0 Å². The summed E-state index contributed by atoms with van der Waals surface area (Å²) in [5.74, 6) is -0.600. The lowest BCUT2D eigenvalue weighted by Crippen LogP contribution is -2.06. The number of ketones is 1. The van der Waals surface area contributed by atoms with Crippen LogP contribution in [0.15, 0.2) is 46.9 Å². The van der Waals surface area contributed by atoms with Gasteiger partial charge < -0.3 is 0 Å². The van der Waals surface area contributed by atoms with Gasteiger partial charge in [0.1, 0.15) is 5.82 Å². The van der Waals surface area contributed by atoms with Gasteiger partial charge in [-0.25, -0.2) is 4.39 Å². The predicted molar refractivity (Wildman–Crippen MR) is 82.8 cm³/mol. The van der Waals surface area contributed by atoms with Crippen LogP contribution in [-0.2, 0) is 13.5 Å². The number of hydrogen-bond donors (Lipinski definition) is 0. The molecule has 1 aromatic heterocycles. The fourth-order valence-electron chi connectivity index (χ4n) is 2.39. The predicted octanol–water partition coefficient (Wildman–Crippen LogP) is 3.90. The van der Waals surface area contributed by atoms with E-state index in [0.29, 0.717) is 11.3 Å². The normalized spacial score (nSPS) is 11.0. The van der Waals surface area contributed by atoms with Gasteiger partial charge in [0.15, 0.2) is 5.78 Å². The minimum Gasteiger partial charge on any atom is -0.294 e. The zero-order chi connectivity index (χ0) is 15.0. The lowest BCUT2D eigenvalue weighted by Gasteiger charge is -2.03. The Morgan fingerprint density at radius 3 is 2.81 bits per heavy atom. The highest BCUT2D eigenvalue weighted by molar-refractivity contribution is 9.10. The summed E-state index contributed by atoms with van der Waals surface area (Å²) in [6, 6.07) is 12.2. The van der Waals surface area contributed by atoms with Crippen LogP contribution in [-0.4, -0.2) is 15.6 Å². The first-order valence-electron chi connectivity index (χ1n) is 6.45. The van der Waals surface area contributed by atoms with Crippen LogP contribution in [0.2, 0.25) is 0 Å². The molecule has 0 N–H and O–H groups in total. The van der Waals surface area contributed by atoms with Crippen molar-refractivity contribution in [3.8, 4) is 0 Å². The fraction of sp³-hybridized carbons (Fsp3) is 0.125. The summed E-state index contributed by atoms with van der Waals surface area (Å²) in [6.45, 7) is 0. The molecule has 5 heteroatoms. The average molecular weight is 347 g/mol. The molecule has 0 spiro atoms. The van der Waals surface area contributed by atoms with Gasteiger partial charge in [0.25, 0.3) is 0 Å². The van der Waals surface area contributed by atoms with Gasteiger partial charge in [-0.05, 0) is 28.1 Å². The molecule has 21 heavy (non-hydrogen) atoms. The molecular formula is C16H12BrFN2O. The van der Waals surface area contributed by atoms with Crippen molar-refractivity contribution in [3.63, 3.8) is 0 Å². The summed E-state index contributed by atoms with van der Waals surface area (Å²) in [7, 11) is 1.84. The zero-order valence-electron chi connectivity index (χ0n) is 11.3. The molecule has 0 saturated carbocycles. The van der Waals surface area contributed by atoms with Crippen LogP contribution < -0.4 is 0 Å². The van der Waals surface area contributed by atoms with Crippen LogP contribution >= 0.6 is 15.9 Å². The van der Waals surface area contributed by atoms with E-state index in [0.717, 1.165) is 10.9 Å². The van der Waals surface area contributed by atoms with Crippen molar-refractivity contribution < 1.29 is 9.18 Å². The van der Waals surface area contributed by atoms with Crippen molar-refractivity contribution in [2.24, 2.45) is 7.05 Å². The first-order chi connectivity index (χ1) is 10.1. The number of rotatable bonds is 3. The lowest BCUT2D eigenvalue weighted by atomic mass is 10.0. The number of carbonyl (C=O) groups excluding carboxylic acids is 1. The van der Waals surface area contributed by atoms with E-state index in [1.807, 2.05) is 31.3 Å². The summed E-state index contributed by atoms with van der Waals surface area (Å²) in [5.41, 5.74) is 2.01. The highest BCUT2D eigenvalue weighted by atomic mass is 79.9. The summed E-state index contributed by atoms with van der Waals surface area (Å²) in [5, 5.41) is 5.34. The molecule has 0 aliphatic rings. The van der Waals surface area contributed by atoms with E-state index in [2.05, 4.69) is 21.0 Å². The monoisotopic (exact) mass is 346 g/mol. The third-order valence-electron chi connectivity index (χ3n) is 3.41. The molecule has 2 aromatic carbocycles. The van der Waals surface area contributed by atoms with Gasteiger partial charge in [0.2, 0.25) is 0 Å². The molecular weight excluding hydrogens is 335 g/mol. The van der Waals surface area contributed by atoms with E-state index in [1.54, 1.807) is 10.7 Å². The van der Waals surface area contributed by atoms with E-state index >= 15 is 0 Å². The number of Topliss-reactive ketones (excluding diaryl/α,β-unsaturated/α-hetero) is 1. The average Bonchev–Trinajstić information content (AvgIpc) is 2.79. The van der Waals surface area contributed by atoms with Gasteiger partial charge in [-0.2, -0.15) is 5.10 Å². The smallest absolute Gasteiger partial charge is 0.170 e. The number of fused-ring (bicyclic) bond motifs is 1. The Balaban J connectivity index is 1.99. The molecule has 0 amide bonds. The van der Waals surface area contributed by atoms with E-state index < -0.39 is 5.82 Å². The van der Waals surface area contributed by atoms with Gasteiger partial charge in [-0.1, -0.05) is 30.3 Å². The molecule has 0 radical (unpaired) electrons. The van der Waals surface area contributed by atoms with Crippen LogP contribution in [0.4, 0.5) is 4.39 Å². The molecule has 3 nitrogen and oxygen atoms in total. The molecule has 0 atom stereocenters. The minimum atomic E-state index is -0.438. The standard InChI is InChI=1S/C16H12BrFN2O/c1-20-14-8-3-2-5-10(14)13(19-20)9-15(21)11-6-4-7-12(18)16(11)17/h2-8H,9H2,1H3. The van der Waals surface area contributed by atoms with Crippen molar-refractivity contribution in [1.29, 1.82) is 0 Å². The first-order valence-corrected chi connectivity index (χ1v) is 7.25. The Morgan fingerprint density at radius 1 is 1.24 bits per heavy atom. The molecule has 3 rings (SSSR count). The summed E-state index contributed by atoms with van der Waals surface area (Å²) in [4.78, 5) is 12.4. The van der Waals surface area contributed by atoms with Crippen LogP contribution in [0.3, 0.4) is 0 Å². The van der Waals surface area contributed by atoms with Crippen molar-refractivity contribution in [2.75, 3.05) is 0 Å². The van der Waals surface area contributed by atoms with Crippen molar-refractivity contribution in [3.05, 3.63) is 64.0 Å². The van der Waals surface area contributed by atoms with E-state index in [1.165, 1.54) is 12.1 Å². The van der Waals surface area contributed by atoms with Crippen molar-refractivity contribution in [1.82, 2.24) is 9.78 Å². The number of aryl methyl sites for hydroxylation is 1. The summed E-state index contributed by atoms with van der Waals surface area (Å²) >= 11 is 3.13. The van der Waals surface area contributed by atoms with Crippen molar-refractivity contribution in [2.45, 2.75) is 6.42 Å². The second kappa shape index (κ2) is 5.41. The largest absolute Gasteiger partial charge is 0.294 e. The Labute approximate surface area is 129 Å². The summed E-state index contributed by atoms with van der Waals surface area (Å²) < 4.78 is 15.5. The molecule has 0 saturated heterocycles. The Hall–Kier alpha value is -2.01. The molecule has 0 aliphatic carbocycles. The highest BCUT2D eigenvalue weighted by Crippen LogP contribution is 2.24. The summed E-state index contributed by atoms with van der Waals surface area (Å²) in [6.07, 6.45) is 0.142. The number of para-hydroxylation sites is 1. The number of benzene rings is 2. The molecule has 0 fully saturated rings. The van der Waals surface area contributed by atoms with Crippen LogP contribution in [0, 0.1) is 5.82 Å². The number of halogens is 2. The first kappa shape index (κ1) is 13.9. The van der Waals surface area contributed by atoms with Gasteiger partial charge in [0.05, 0.1) is 22.1 Å². The Kier molecular flexibility index (Phi) is 3.59. The molecule has 0 bridgehead atoms. The number of hydrogen-bond acceptors (Lipinski definition) is 2. The maximum absolute atomic E-state index is 13.5. The zero-order valence-corrected chi connectivity index (χ0v) is 12.9. The van der Waals surface area contributed by atoms with Gasteiger partial charge >= 0.3 is 0 Å². The third kappa shape index (κ3) is 2.49. The maximum Gasteiger partial charge on any atom is 0.170 e. The Bertz CT molecular complexity index is 841.